The molecule has 3 aromatic rings. The van der Waals surface area contributed by atoms with Gasteiger partial charge in [0.25, 0.3) is 8.32 Å². The number of unbranched alkanes of at least 4 members (excludes halogenated alkanes) is 1. The van der Waals surface area contributed by atoms with E-state index in [0.29, 0.717) is 12.8 Å². The van der Waals surface area contributed by atoms with Crippen LogP contribution < -0.4 is 10.4 Å². The van der Waals surface area contributed by atoms with Crippen LogP contribution in [0.5, 0.6) is 0 Å². The smallest absolute Gasteiger partial charge is 0.261 e. The fraction of sp³-hybridized carbons (Fsp3) is 0.486. The molecule has 0 bridgehead atoms. The molecule has 0 aromatic heterocycles. The lowest BCUT2D eigenvalue weighted by Gasteiger charge is -2.57. The van der Waals surface area contributed by atoms with Crippen LogP contribution >= 0.6 is 0 Å². The zero-order chi connectivity index (χ0) is 31.6. The van der Waals surface area contributed by atoms with Crippen LogP contribution in [0.2, 0.25) is 5.04 Å². The van der Waals surface area contributed by atoms with Crippen molar-refractivity contribution in [1.82, 2.24) is 4.31 Å². The number of ketones is 1. The fourth-order valence-corrected chi connectivity index (χ4v) is 14.5. The number of Topliss-reactive ketones (excluding diaryl/α,β-unsaturated/α-hetero) is 1. The van der Waals surface area contributed by atoms with Crippen LogP contribution in [0.3, 0.4) is 0 Å². The molecule has 5 nitrogen and oxygen atoms in total. The summed E-state index contributed by atoms with van der Waals surface area (Å²) < 4.78 is 38.4. The van der Waals surface area contributed by atoms with Crippen molar-refractivity contribution in [2.24, 2.45) is 5.92 Å². The lowest BCUT2D eigenvalue weighted by Crippen LogP contribution is -2.71. The normalized spacial score (nSPS) is 23.6. The summed E-state index contributed by atoms with van der Waals surface area (Å²) in [5, 5.41) is 2.28. The standard InChI is InChI=1S/C37H49NO4SSi/c1-6-7-19-34-35(42-44(36(3,4)5,32-15-10-8-11-16-32)33-17-12-9-13-18-33)20-14-26-37(34)27-25-30(39)28-38(37)43(40,41)31-23-21-29(2)22-24-31/h8-13,15-18,21-24,34-35H,6-7,14,19-20,25-28H2,1-5H3/t34-,35+,37+/m1/s1. The fourth-order valence-electron chi connectivity index (χ4n) is 7.94. The second-order valence-corrected chi connectivity index (χ2v) is 20.0. The summed E-state index contributed by atoms with van der Waals surface area (Å²) in [6.07, 6.45) is 6.19. The summed E-state index contributed by atoms with van der Waals surface area (Å²) in [7, 11) is -6.79. The Morgan fingerprint density at radius 1 is 0.909 bits per heavy atom. The number of sulfonamides is 1. The molecular formula is C37H49NO4SSi. The van der Waals surface area contributed by atoms with E-state index in [2.05, 4.69) is 88.4 Å². The van der Waals surface area contributed by atoms with E-state index in [1.54, 1.807) is 16.4 Å². The highest BCUT2D eigenvalue weighted by Crippen LogP contribution is 2.51. The number of carbonyl (C=O) groups is 1. The minimum absolute atomic E-state index is 0.00409. The van der Waals surface area contributed by atoms with E-state index in [0.717, 1.165) is 44.1 Å². The number of benzene rings is 3. The summed E-state index contributed by atoms with van der Waals surface area (Å²) in [5.74, 6) is -0.0262. The van der Waals surface area contributed by atoms with Crippen molar-refractivity contribution in [1.29, 1.82) is 0 Å². The average Bonchev–Trinajstić information content (AvgIpc) is 3.01. The van der Waals surface area contributed by atoms with E-state index < -0.39 is 23.9 Å². The van der Waals surface area contributed by atoms with Crippen LogP contribution in [0.4, 0.5) is 0 Å². The summed E-state index contributed by atoms with van der Waals surface area (Å²) in [4.78, 5) is 13.3. The number of aryl methyl sites for hydroxylation is 1. The van der Waals surface area contributed by atoms with Crippen molar-refractivity contribution in [2.75, 3.05) is 6.54 Å². The van der Waals surface area contributed by atoms with Crippen molar-refractivity contribution in [2.45, 2.75) is 108 Å². The summed E-state index contributed by atoms with van der Waals surface area (Å²) in [6, 6.07) is 28.5. The van der Waals surface area contributed by atoms with E-state index in [1.807, 2.05) is 19.1 Å². The first-order valence-electron chi connectivity index (χ1n) is 16.4. The maximum atomic E-state index is 14.5. The van der Waals surface area contributed by atoms with Gasteiger partial charge in [0.2, 0.25) is 10.0 Å². The van der Waals surface area contributed by atoms with E-state index in [4.69, 9.17) is 4.43 Å². The van der Waals surface area contributed by atoms with E-state index in [1.165, 1.54) is 10.4 Å². The summed E-state index contributed by atoms with van der Waals surface area (Å²) in [6.45, 7) is 11.0. The molecule has 1 saturated heterocycles. The van der Waals surface area contributed by atoms with Crippen LogP contribution in [0.15, 0.2) is 89.8 Å². The molecule has 1 heterocycles. The number of hydrogen-bond donors (Lipinski definition) is 0. The van der Waals surface area contributed by atoms with Gasteiger partial charge in [0.15, 0.2) is 0 Å². The van der Waals surface area contributed by atoms with Crippen LogP contribution in [0.1, 0.15) is 84.6 Å². The third kappa shape index (κ3) is 6.01. The number of carbonyl (C=O) groups excluding carboxylic acids is 1. The molecule has 0 radical (unpaired) electrons. The van der Waals surface area contributed by atoms with Gasteiger partial charge >= 0.3 is 0 Å². The molecule has 2 aliphatic rings. The van der Waals surface area contributed by atoms with Crippen LogP contribution in [0.25, 0.3) is 0 Å². The SMILES string of the molecule is CCCC[C@@H]1[C@@H](O[Si](c2ccccc2)(c2ccccc2)C(C)(C)C)CCC[C@]12CCC(=O)CN2S(=O)(=O)c1ccc(C)cc1. The maximum Gasteiger partial charge on any atom is 0.261 e. The molecule has 1 spiro atoms. The molecule has 2 fully saturated rings. The second kappa shape index (κ2) is 13.0. The molecule has 0 unspecified atom stereocenters. The third-order valence-electron chi connectivity index (χ3n) is 10.1. The second-order valence-electron chi connectivity index (χ2n) is 13.9. The van der Waals surface area contributed by atoms with E-state index in [-0.39, 0.29) is 34.3 Å². The van der Waals surface area contributed by atoms with Gasteiger partial charge in [-0.25, -0.2) is 8.42 Å². The Balaban J connectivity index is 1.66. The largest absolute Gasteiger partial charge is 0.404 e. The molecule has 1 aliphatic carbocycles. The molecular weight excluding hydrogens is 583 g/mol. The highest BCUT2D eigenvalue weighted by atomic mass is 32.2. The van der Waals surface area contributed by atoms with E-state index in [9.17, 15) is 13.2 Å². The first-order chi connectivity index (χ1) is 21.0. The topological polar surface area (TPSA) is 63.7 Å². The molecule has 1 saturated carbocycles. The van der Waals surface area contributed by atoms with Crippen LogP contribution in [0, 0.1) is 12.8 Å². The molecule has 0 N–H and O–H groups in total. The first-order valence-corrected chi connectivity index (χ1v) is 19.7. The Labute approximate surface area is 266 Å². The number of piperidine rings is 1. The molecule has 0 amide bonds. The molecule has 1 aliphatic heterocycles. The molecule has 5 rings (SSSR count). The van der Waals surface area contributed by atoms with Crippen molar-refractivity contribution < 1.29 is 17.6 Å². The van der Waals surface area contributed by atoms with Gasteiger partial charge in [0, 0.05) is 17.9 Å². The summed E-state index contributed by atoms with van der Waals surface area (Å²) in [5.41, 5.74) is 0.340. The quantitative estimate of drug-likeness (QED) is 0.238. The Bertz CT molecular complexity index is 1480. The summed E-state index contributed by atoms with van der Waals surface area (Å²) >= 11 is 0. The van der Waals surface area contributed by atoms with Crippen LogP contribution in [-0.2, 0) is 19.2 Å². The predicted molar refractivity (Wildman–Crippen MR) is 181 cm³/mol. The lowest BCUT2D eigenvalue weighted by molar-refractivity contribution is -0.128. The van der Waals surface area contributed by atoms with Gasteiger partial charge in [0.1, 0.15) is 5.78 Å². The number of hydrogen-bond acceptors (Lipinski definition) is 4. The van der Waals surface area contributed by atoms with Gasteiger partial charge in [-0.3, -0.25) is 4.79 Å². The van der Waals surface area contributed by atoms with Crippen molar-refractivity contribution >= 4 is 34.5 Å². The van der Waals surface area contributed by atoms with Crippen molar-refractivity contribution in [3.63, 3.8) is 0 Å². The van der Waals surface area contributed by atoms with Gasteiger partial charge in [-0.15, -0.1) is 0 Å². The Morgan fingerprint density at radius 3 is 2.05 bits per heavy atom. The molecule has 44 heavy (non-hydrogen) atoms. The Hall–Kier alpha value is -2.58. The van der Waals surface area contributed by atoms with Gasteiger partial charge in [0.05, 0.1) is 17.5 Å². The van der Waals surface area contributed by atoms with Crippen molar-refractivity contribution in [3.05, 3.63) is 90.5 Å². The molecule has 7 heteroatoms. The van der Waals surface area contributed by atoms with Gasteiger partial charge in [-0.05, 0) is 66.6 Å². The highest BCUT2D eigenvalue weighted by Gasteiger charge is 2.59. The van der Waals surface area contributed by atoms with Gasteiger partial charge in [-0.1, -0.05) is 119 Å². The number of rotatable bonds is 9. The zero-order valence-electron chi connectivity index (χ0n) is 27.1. The van der Waals surface area contributed by atoms with E-state index >= 15 is 0 Å². The lowest BCUT2D eigenvalue weighted by atomic mass is 9.65. The van der Waals surface area contributed by atoms with Crippen molar-refractivity contribution in [3.8, 4) is 0 Å². The average molecular weight is 632 g/mol. The third-order valence-corrected chi connectivity index (χ3v) is 17.1. The minimum atomic E-state index is -3.91. The van der Waals surface area contributed by atoms with Crippen LogP contribution in [-0.4, -0.2) is 45.0 Å². The predicted octanol–water partition coefficient (Wildman–Crippen LogP) is 7.02. The monoisotopic (exact) mass is 631 g/mol. The molecule has 3 atom stereocenters. The first kappa shape index (κ1) is 32.8. The Kier molecular flexibility index (Phi) is 9.71. The maximum absolute atomic E-state index is 14.5. The number of nitrogens with zero attached hydrogens (tertiary/aromatic N) is 1. The zero-order valence-corrected chi connectivity index (χ0v) is 28.9. The highest BCUT2D eigenvalue weighted by molar-refractivity contribution is 7.89. The van der Waals surface area contributed by atoms with Gasteiger partial charge in [-0.2, -0.15) is 4.31 Å². The Morgan fingerprint density at radius 2 is 1.50 bits per heavy atom. The van der Waals surface area contributed by atoms with Gasteiger partial charge < -0.3 is 4.43 Å². The minimum Gasteiger partial charge on any atom is -0.404 e. The molecule has 3 aromatic carbocycles. The molecule has 236 valence electrons.